The summed E-state index contributed by atoms with van der Waals surface area (Å²) >= 11 is 0. The molecule has 1 aromatic heterocycles. The normalized spacial score (nSPS) is 13.2. The predicted molar refractivity (Wildman–Crippen MR) is 122 cm³/mol. The van der Waals surface area contributed by atoms with Gasteiger partial charge in [-0.2, -0.15) is 4.31 Å². The van der Waals surface area contributed by atoms with Gasteiger partial charge in [-0.1, -0.05) is 36.4 Å². The van der Waals surface area contributed by atoms with Gasteiger partial charge in [0.2, 0.25) is 10.0 Å². The lowest BCUT2D eigenvalue weighted by atomic mass is 10.2. The predicted octanol–water partition coefficient (Wildman–Crippen LogP) is 3.63. The van der Waals surface area contributed by atoms with Crippen molar-refractivity contribution >= 4 is 31.8 Å². The van der Waals surface area contributed by atoms with Crippen LogP contribution >= 0.6 is 0 Å². The standard InChI is InChI=1S/C24H25FN2O4S/c1-31-15-14-26(32(29,30)20-12-10-18(25)11-13-20)16-19(28)17-27-23-8-4-2-6-21(23)22-7-3-5-9-24(22)27/h2-13,19,28H,14-17H2,1H3. The van der Waals surface area contributed by atoms with E-state index in [4.69, 9.17) is 4.74 Å². The zero-order chi connectivity index (χ0) is 22.7. The van der Waals surface area contributed by atoms with Crippen molar-refractivity contribution in [2.75, 3.05) is 26.8 Å². The fourth-order valence-corrected chi connectivity index (χ4v) is 5.42. The lowest BCUT2D eigenvalue weighted by Crippen LogP contribution is -2.40. The first kappa shape index (κ1) is 22.4. The van der Waals surface area contributed by atoms with Crippen LogP contribution in [0.1, 0.15) is 0 Å². The van der Waals surface area contributed by atoms with Gasteiger partial charge in [-0.15, -0.1) is 0 Å². The minimum atomic E-state index is -3.93. The Bertz CT molecular complexity index is 1270. The second kappa shape index (κ2) is 9.38. The number of methoxy groups -OCH3 is 1. The Morgan fingerprint density at radius 1 is 0.969 bits per heavy atom. The molecule has 4 rings (SSSR count). The van der Waals surface area contributed by atoms with Crippen LogP contribution in [0.3, 0.4) is 0 Å². The Morgan fingerprint density at radius 3 is 2.09 bits per heavy atom. The summed E-state index contributed by atoms with van der Waals surface area (Å²) in [6.07, 6.45) is -0.971. The molecule has 1 N–H and O–H groups in total. The van der Waals surface area contributed by atoms with Crippen molar-refractivity contribution in [3.63, 3.8) is 0 Å². The Labute approximate surface area is 186 Å². The lowest BCUT2D eigenvalue weighted by molar-refractivity contribution is 0.115. The molecule has 0 amide bonds. The van der Waals surface area contributed by atoms with E-state index in [1.165, 1.54) is 23.5 Å². The number of aliphatic hydroxyl groups is 1. The van der Waals surface area contributed by atoms with E-state index in [-0.39, 0.29) is 31.1 Å². The van der Waals surface area contributed by atoms with Crippen molar-refractivity contribution < 1.29 is 22.7 Å². The molecule has 0 spiro atoms. The number of hydrogen-bond acceptors (Lipinski definition) is 4. The molecule has 6 nitrogen and oxygen atoms in total. The van der Waals surface area contributed by atoms with Crippen LogP contribution in [-0.2, 0) is 21.3 Å². The maximum atomic E-state index is 13.3. The van der Waals surface area contributed by atoms with Crippen LogP contribution in [0, 0.1) is 5.82 Å². The lowest BCUT2D eigenvalue weighted by Gasteiger charge is -2.25. The van der Waals surface area contributed by atoms with E-state index in [1.807, 2.05) is 53.1 Å². The molecule has 0 aliphatic heterocycles. The van der Waals surface area contributed by atoms with E-state index in [1.54, 1.807) is 0 Å². The van der Waals surface area contributed by atoms with E-state index >= 15 is 0 Å². The number of hydrogen-bond donors (Lipinski definition) is 1. The molecular formula is C24H25FN2O4S. The minimum absolute atomic E-state index is 0.0286. The molecule has 32 heavy (non-hydrogen) atoms. The molecule has 1 atom stereocenters. The highest BCUT2D eigenvalue weighted by atomic mass is 32.2. The van der Waals surface area contributed by atoms with Crippen molar-refractivity contribution in [2.45, 2.75) is 17.5 Å². The zero-order valence-electron chi connectivity index (χ0n) is 17.7. The van der Waals surface area contributed by atoms with E-state index in [0.29, 0.717) is 0 Å². The third kappa shape index (κ3) is 4.40. The molecule has 0 saturated heterocycles. The maximum absolute atomic E-state index is 13.3. The van der Waals surface area contributed by atoms with Gasteiger partial charge in [0.25, 0.3) is 0 Å². The molecule has 4 aromatic rings. The molecule has 1 heterocycles. The molecule has 0 fully saturated rings. The summed E-state index contributed by atoms with van der Waals surface area (Å²) in [5.41, 5.74) is 1.94. The molecule has 0 bridgehead atoms. The van der Waals surface area contributed by atoms with Crippen molar-refractivity contribution in [3.8, 4) is 0 Å². The number of halogens is 1. The van der Waals surface area contributed by atoms with Crippen LogP contribution in [0.25, 0.3) is 21.8 Å². The van der Waals surface area contributed by atoms with Gasteiger partial charge in [-0.3, -0.25) is 0 Å². The monoisotopic (exact) mass is 456 g/mol. The van der Waals surface area contributed by atoms with Crippen LogP contribution < -0.4 is 0 Å². The van der Waals surface area contributed by atoms with Crippen LogP contribution in [-0.4, -0.2) is 55.3 Å². The van der Waals surface area contributed by atoms with Crippen LogP contribution in [0.4, 0.5) is 4.39 Å². The number of benzene rings is 3. The summed E-state index contributed by atoms with van der Waals surface area (Å²) in [4.78, 5) is -0.0286. The van der Waals surface area contributed by atoms with Crippen molar-refractivity contribution in [1.29, 1.82) is 0 Å². The Morgan fingerprint density at radius 2 is 1.53 bits per heavy atom. The number of nitrogens with zero attached hydrogens (tertiary/aromatic N) is 2. The fraction of sp³-hybridized carbons (Fsp3) is 0.250. The average Bonchev–Trinajstić information content (AvgIpc) is 3.10. The first-order valence-electron chi connectivity index (χ1n) is 10.3. The summed E-state index contributed by atoms with van der Waals surface area (Å²) in [5.74, 6) is -0.515. The molecule has 3 aromatic carbocycles. The Kier molecular flexibility index (Phi) is 6.57. The molecule has 8 heteroatoms. The van der Waals surface area contributed by atoms with E-state index in [2.05, 4.69) is 0 Å². The number of fused-ring (bicyclic) bond motifs is 3. The van der Waals surface area contributed by atoms with E-state index < -0.39 is 21.9 Å². The maximum Gasteiger partial charge on any atom is 0.243 e. The summed E-state index contributed by atoms with van der Waals surface area (Å²) in [5, 5.41) is 13.1. The first-order chi connectivity index (χ1) is 15.4. The van der Waals surface area contributed by atoms with Crippen molar-refractivity contribution in [1.82, 2.24) is 8.87 Å². The van der Waals surface area contributed by atoms with Gasteiger partial charge in [-0.25, -0.2) is 12.8 Å². The van der Waals surface area contributed by atoms with Crippen molar-refractivity contribution in [3.05, 3.63) is 78.6 Å². The number of aliphatic hydroxyl groups excluding tert-OH is 1. The number of ether oxygens (including phenoxy) is 1. The second-order valence-electron chi connectivity index (χ2n) is 7.61. The Balaban J connectivity index is 1.63. The first-order valence-corrected chi connectivity index (χ1v) is 11.7. The molecule has 0 aliphatic rings. The quantitative estimate of drug-likeness (QED) is 0.418. The Hall–Kier alpha value is -2.78. The highest BCUT2D eigenvalue weighted by Gasteiger charge is 2.27. The van der Waals surface area contributed by atoms with Gasteiger partial charge in [0, 0.05) is 42.0 Å². The SMILES string of the molecule is COCCN(CC(O)Cn1c2ccccc2c2ccccc21)S(=O)(=O)c1ccc(F)cc1. The largest absolute Gasteiger partial charge is 0.390 e. The third-order valence-corrected chi connectivity index (χ3v) is 7.36. The van der Waals surface area contributed by atoms with E-state index in [0.717, 1.165) is 33.9 Å². The molecule has 168 valence electrons. The number of rotatable bonds is 9. The highest BCUT2D eigenvalue weighted by Crippen LogP contribution is 2.29. The van der Waals surface area contributed by atoms with E-state index in [9.17, 15) is 17.9 Å². The average molecular weight is 457 g/mol. The topological polar surface area (TPSA) is 71.8 Å². The van der Waals surface area contributed by atoms with Crippen LogP contribution in [0.2, 0.25) is 0 Å². The molecule has 0 saturated carbocycles. The molecule has 0 radical (unpaired) electrons. The number of sulfonamides is 1. The number of aromatic nitrogens is 1. The molecule has 1 unspecified atom stereocenters. The van der Waals surface area contributed by atoms with Crippen molar-refractivity contribution in [2.24, 2.45) is 0 Å². The van der Waals surface area contributed by atoms with Crippen LogP contribution in [0.5, 0.6) is 0 Å². The minimum Gasteiger partial charge on any atom is -0.390 e. The summed E-state index contributed by atoms with van der Waals surface area (Å²) in [6.45, 7) is 0.337. The summed E-state index contributed by atoms with van der Waals surface area (Å²) < 4.78 is 47.8. The van der Waals surface area contributed by atoms with Gasteiger partial charge in [0.1, 0.15) is 5.82 Å². The smallest absolute Gasteiger partial charge is 0.243 e. The third-order valence-electron chi connectivity index (χ3n) is 5.48. The highest BCUT2D eigenvalue weighted by molar-refractivity contribution is 7.89. The summed E-state index contributed by atoms with van der Waals surface area (Å²) in [7, 11) is -2.45. The second-order valence-corrected chi connectivity index (χ2v) is 9.55. The van der Waals surface area contributed by atoms with Crippen LogP contribution in [0.15, 0.2) is 77.7 Å². The van der Waals surface area contributed by atoms with Gasteiger partial charge in [0.15, 0.2) is 0 Å². The van der Waals surface area contributed by atoms with Gasteiger partial charge in [0.05, 0.1) is 24.2 Å². The van der Waals surface area contributed by atoms with Gasteiger partial charge in [-0.05, 0) is 36.4 Å². The zero-order valence-corrected chi connectivity index (χ0v) is 18.5. The van der Waals surface area contributed by atoms with Gasteiger partial charge < -0.3 is 14.4 Å². The number of para-hydroxylation sites is 2. The molecular weight excluding hydrogens is 431 g/mol. The fourth-order valence-electron chi connectivity index (χ4n) is 3.96. The summed E-state index contributed by atoms with van der Waals surface area (Å²) in [6, 6.07) is 20.5. The van der Waals surface area contributed by atoms with Gasteiger partial charge >= 0.3 is 0 Å². The molecule has 0 aliphatic carbocycles.